The van der Waals surface area contributed by atoms with Crippen molar-refractivity contribution >= 4 is 41.3 Å². The second kappa shape index (κ2) is 11.5. The van der Waals surface area contributed by atoms with Crippen molar-refractivity contribution in [2.75, 3.05) is 41.8 Å². The normalized spacial score (nSPS) is 12.5. The molecule has 2 rings (SSSR count). The Kier molecular flexibility index (Phi) is 10.0. The number of thiazole rings is 1. The third kappa shape index (κ3) is 6.93. The molecule has 1 aromatic heterocycles. The highest BCUT2D eigenvalue weighted by atomic mass is 127. The van der Waals surface area contributed by atoms with Gasteiger partial charge in [-0.3, -0.25) is 4.99 Å². The van der Waals surface area contributed by atoms with Crippen LogP contribution in [0.15, 0.2) is 34.6 Å². The molecule has 150 valence electrons. The predicted octanol–water partition coefficient (Wildman–Crippen LogP) is 3.39. The zero-order valence-electron chi connectivity index (χ0n) is 16.9. The highest BCUT2D eigenvalue weighted by molar-refractivity contribution is 14.0. The smallest absolute Gasteiger partial charge is 0.193 e. The first-order valence-corrected chi connectivity index (χ1v) is 9.45. The lowest BCUT2D eigenvalue weighted by molar-refractivity contribution is 0.294. The molecule has 0 saturated heterocycles. The SMILES string of the molecule is CN=C(NCC(c1cccc(OC)c1)N(C)C)N(C)Cc1csc(C)n1.I. The number of rotatable bonds is 7. The molecule has 0 aliphatic carbocycles. The Balaban J connectivity index is 0.00000364. The van der Waals surface area contributed by atoms with Crippen LogP contribution in [0.25, 0.3) is 0 Å². The standard InChI is InChI=1S/C19H29N5OS.HI/c1-14-22-16(13-26-14)12-24(5)19(20-2)21-11-18(23(3)4)15-8-7-9-17(10-15)25-6;/h7-10,13,18H,11-12H2,1-6H3,(H,20,21);1H. The molecule has 0 bridgehead atoms. The van der Waals surface area contributed by atoms with Crippen LogP contribution < -0.4 is 10.1 Å². The van der Waals surface area contributed by atoms with E-state index in [-0.39, 0.29) is 30.0 Å². The molecule has 0 fully saturated rings. The third-order valence-electron chi connectivity index (χ3n) is 4.19. The first-order chi connectivity index (χ1) is 12.4. The fourth-order valence-corrected chi connectivity index (χ4v) is 3.42. The molecule has 1 atom stereocenters. The third-order valence-corrected chi connectivity index (χ3v) is 5.02. The van der Waals surface area contributed by atoms with Crippen LogP contribution >= 0.6 is 35.3 Å². The van der Waals surface area contributed by atoms with E-state index in [1.807, 2.05) is 26.1 Å². The summed E-state index contributed by atoms with van der Waals surface area (Å²) in [5.74, 6) is 1.72. The van der Waals surface area contributed by atoms with E-state index in [1.165, 1.54) is 5.56 Å². The number of likely N-dealkylation sites (N-methyl/N-ethyl adjacent to an activating group) is 1. The molecular weight excluding hydrogens is 473 g/mol. The summed E-state index contributed by atoms with van der Waals surface area (Å²) in [6.07, 6.45) is 0. The van der Waals surface area contributed by atoms with Gasteiger partial charge in [0.15, 0.2) is 5.96 Å². The van der Waals surface area contributed by atoms with Gasteiger partial charge in [-0.2, -0.15) is 0 Å². The first kappa shape index (κ1) is 23.6. The summed E-state index contributed by atoms with van der Waals surface area (Å²) in [6, 6.07) is 8.40. The second-order valence-corrected chi connectivity index (χ2v) is 7.46. The largest absolute Gasteiger partial charge is 0.497 e. The maximum atomic E-state index is 5.36. The molecule has 1 unspecified atom stereocenters. The average molecular weight is 503 g/mol. The van der Waals surface area contributed by atoms with Gasteiger partial charge in [-0.1, -0.05) is 12.1 Å². The minimum Gasteiger partial charge on any atom is -0.497 e. The maximum Gasteiger partial charge on any atom is 0.193 e. The average Bonchev–Trinajstić information content (AvgIpc) is 3.03. The first-order valence-electron chi connectivity index (χ1n) is 8.57. The van der Waals surface area contributed by atoms with Gasteiger partial charge in [0.05, 0.1) is 30.4 Å². The number of methoxy groups -OCH3 is 1. The Bertz CT molecular complexity index is 734. The number of aliphatic imine (C=N–C) groups is 1. The number of nitrogens with one attached hydrogen (secondary N) is 1. The number of aryl methyl sites for hydroxylation is 1. The molecule has 1 N–H and O–H groups in total. The van der Waals surface area contributed by atoms with Crippen LogP contribution in [0.4, 0.5) is 0 Å². The number of guanidine groups is 1. The number of hydrogen-bond acceptors (Lipinski definition) is 5. The maximum absolute atomic E-state index is 5.36. The molecule has 0 aliphatic rings. The van der Waals surface area contributed by atoms with Gasteiger partial charge >= 0.3 is 0 Å². The van der Waals surface area contributed by atoms with Gasteiger partial charge in [0.1, 0.15) is 5.75 Å². The van der Waals surface area contributed by atoms with E-state index in [2.05, 4.69) is 56.7 Å². The minimum atomic E-state index is 0. The van der Waals surface area contributed by atoms with E-state index in [9.17, 15) is 0 Å². The summed E-state index contributed by atoms with van der Waals surface area (Å²) >= 11 is 1.67. The van der Waals surface area contributed by atoms with Gasteiger partial charge in [0, 0.05) is 26.0 Å². The Hall–Kier alpha value is -1.39. The van der Waals surface area contributed by atoms with Crippen LogP contribution in [0.2, 0.25) is 0 Å². The Labute approximate surface area is 183 Å². The molecule has 1 heterocycles. The van der Waals surface area contributed by atoms with E-state index in [0.29, 0.717) is 0 Å². The van der Waals surface area contributed by atoms with Gasteiger partial charge in [-0.25, -0.2) is 4.98 Å². The molecule has 2 aromatic rings. The van der Waals surface area contributed by atoms with Crippen molar-refractivity contribution in [1.82, 2.24) is 20.1 Å². The van der Waals surface area contributed by atoms with Crippen molar-refractivity contribution < 1.29 is 4.74 Å². The van der Waals surface area contributed by atoms with Crippen molar-refractivity contribution in [1.29, 1.82) is 0 Å². The molecule has 27 heavy (non-hydrogen) atoms. The second-order valence-electron chi connectivity index (χ2n) is 6.40. The highest BCUT2D eigenvalue weighted by Crippen LogP contribution is 2.22. The molecule has 8 heteroatoms. The molecule has 0 aliphatic heterocycles. The molecule has 0 spiro atoms. The number of halogens is 1. The summed E-state index contributed by atoms with van der Waals surface area (Å²) < 4.78 is 5.36. The van der Waals surface area contributed by atoms with Gasteiger partial charge in [-0.15, -0.1) is 35.3 Å². The summed E-state index contributed by atoms with van der Waals surface area (Å²) in [7, 11) is 9.69. The lowest BCUT2D eigenvalue weighted by atomic mass is 10.1. The summed E-state index contributed by atoms with van der Waals surface area (Å²) in [5.41, 5.74) is 2.27. The molecule has 0 saturated carbocycles. The molecule has 6 nitrogen and oxygen atoms in total. The number of benzene rings is 1. The summed E-state index contributed by atoms with van der Waals surface area (Å²) in [4.78, 5) is 13.2. The van der Waals surface area contributed by atoms with E-state index >= 15 is 0 Å². The van der Waals surface area contributed by atoms with Crippen LogP contribution in [0.5, 0.6) is 5.75 Å². The topological polar surface area (TPSA) is 53.0 Å². The van der Waals surface area contributed by atoms with E-state index in [0.717, 1.165) is 35.5 Å². The quantitative estimate of drug-likeness (QED) is 0.357. The van der Waals surface area contributed by atoms with Gasteiger partial charge in [0.2, 0.25) is 0 Å². The van der Waals surface area contributed by atoms with Crippen molar-refractivity contribution in [3.63, 3.8) is 0 Å². The van der Waals surface area contributed by atoms with Crippen molar-refractivity contribution in [2.45, 2.75) is 19.5 Å². The van der Waals surface area contributed by atoms with Gasteiger partial charge < -0.3 is 19.9 Å². The zero-order chi connectivity index (χ0) is 19.1. The van der Waals surface area contributed by atoms with Gasteiger partial charge in [-0.05, 0) is 38.7 Å². The lowest BCUT2D eigenvalue weighted by Crippen LogP contribution is -2.42. The van der Waals surface area contributed by atoms with E-state index in [1.54, 1.807) is 25.5 Å². The zero-order valence-corrected chi connectivity index (χ0v) is 20.0. The van der Waals surface area contributed by atoms with E-state index < -0.39 is 0 Å². The fraction of sp³-hybridized carbons (Fsp3) is 0.474. The fourth-order valence-electron chi connectivity index (χ4n) is 2.82. The number of hydrogen-bond donors (Lipinski definition) is 1. The van der Waals surface area contributed by atoms with Crippen LogP contribution in [0.1, 0.15) is 22.3 Å². The lowest BCUT2D eigenvalue weighted by Gasteiger charge is -2.28. The summed E-state index contributed by atoms with van der Waals surface area (Å²) in [6.45, 7) is 3.50. The van der Waals surface area contributed by atoms with Crippen LogP contribution in [-0.4, -0.2) is 62.6 Å². The van der Waals surface area contributed by atoms with Crippen molar-refractivity contribution in [3.8, 4) is 5.75 Å². The van der Waals surface area contributed by atoms with Crippen molar-refractivity contribution in [2.24, 2.45) is 4.99 Å². The Morgan fingerprint density at radius 1 is 1.33 bits per heavy atom. The number of aromatic nitrogens is 1. The van der Waals surface area contributed by atoms with E-state index in [4.69, 9.17) is 4.74 Å². The predicted molar refractivity (Wildman–Crippen MR) is 125 cm³/mol. The summed E-state index contributed by atoms with van der Waals surface area (Å²) in [5, 5.41) is 6.66. The van der Waals surface area contributed by atoms with Crippen LogP contribution in [0, 0.1) is 6.92 Å². The number of ether oxygens (including phenoxy) is 1. The Morgan fingerprint density at radius 3 is 2.63 bits per heavy atom. The minimum absolute atomic E-state index is 0. The van der Waals surface area contributed by atoms with Crippen molar-refractivity contribution in [3.05, 3.63) is 45.9 Å². The Morgan fingerprint density at radius 2 is 2.07 bits per heavy atom. The molecule has 1 aromatic carbocycles. The highest BCUT2D eigenvalue weighted by Gasteiger charge is 2.17. The van der Waals surface area contributed by atoms with Crippen LogP contribution in [0.3, 0.4) is 0 Å². The molecular formula is C19H30IN5OS. The van der Waals surface area contributed by atoms with Gasteiger partial charge in [0.25, 0.3) is 0 Å². The molecule has 0 amide bonds. The van der Waals surface area contributed by atoms with Crippen LogP contribution in [-0.2, 0) is 6.54 Å². The number of nitrogens with zero attached hydrogens (tertiary/aromatic N) is 4. The molecule has 0 radical (unpaired) electrons. The monoisotopic (exact) mass is 503 g/mol.